The van der Waals surface area contributed by atoms with E-state index < -0.39 is 0 Å². The van der Waals surface area contributed by atoms with Gasteiger partial charge in [-0.05, 0) is 24.8 Å². The normalized spacial score (nSPS) is 18.1. The van der Waals surface area contributed by atoms with Crippen molar-refractivity contribution in [3.63, 3.8) is 0 Å². The Hall–Kier alpha value is -1.84. The largest absolute Gasteiger partial charge is 0.462 e. The SMILES string of the molecule is O=C(CCC1CCC(=O)O1)NCCc1ccccc1. The summed E-state index contributed by atoms with van der Waals surface area (Å²) < 4.78 is 5.07. The third-order valence-corrected chi connectivity index (χ3v) is 3.24. The molecule has 0 aliphatic carbocycles. The van der Waals surface area contributed by atoms with E-state index in [1.54, 1.807) is 0 Å². The summed E-state index contributed by atoms with van der Waals surface area (Å²) in [6.07, 6.45) is 3.06. The van der Waals surface area contributed by atoms with Crippen molar-refractivity contribution < 1.29 is 14.3 Å². The molecule has 0 spiro atoms. The number of cyclic esters (lactones) is 1. The summed E-state index contributed by atoms with van der Waals surface area (Å²) in [4.78, 5) is 22.5. The van der Waals surface area contributed by atoms with Crippen molar-refractivity contribution in [1.82, 2.24) is 5.32 Å². The Labute approximate surface area is 113 Å². The van der Waals surface area contributed by atoms with E-state index >= 15 is 0 Å². The average Bonchev–Trinajstić information content (AvgIpc) is 2.83. The number of hydrogen-bond acceptors (Lipinski definition) is 3. The first-order valence-electron chi connectivity index (χ1n) is 6.74. The van der Waals surface area contributed by atoms with Crippen LogP contribution in [0.15, 0.2) is 30.3 Å². The van der Waals surface area contributed by atoms with E-state index in [-0.39, 0.29) is 18.0 Å². The Morgan fingerprint density at radius 3 is 2.79 bits per heavy atom. The van der Waals surface area contributed by atoms with Crippen molar-refractivity contribution in [2.45, 2.75) is 38.2 Å². The third-order valence-electron chi connectivity index (χ3n) is 3.24. The first-order chi connectivity index (χ1) is 9.24. The van der Waals surface area contributed by atoms with Gasteiger partial charge >= 0.3 is 5.97 Å². The lowest BCUT2D eigenvalue weighted by atomic mass is 10.1. The van der Waals surface area contributed by atoms with Gasteiger partial charge < -0.3 is 10.1 Å². The maximum Gasteiger partial charge on any atom is 0.306 e. The minimum absolute atomic E-state index is 0.0267. The number of esters is 1. The molecule has 1 N–H and O–H groups in total. The quantitative estimate of drug-likeness (QED) is 0.795. The van der Waals surface area contributed by atoms with Crippen LogP contribution in [0.5, 0.6) is 0 Å². The molecule has 1 aromatic rings. The van der Waals surface area contributed by atoms with Gasteiger partial charge in [-0.3, -0.25) is 9.59 Å². The van der Waals surface area contributed by atoms with E-state index in [0.29, 0.717) is 25.8 Å². The fourth-order valence-electron chi connectivity index (χ4n) is 2.16. The van der Waals surface area contributed by atoms with Crippen LogP contribution in [0.4, 0.5) is 0 Å². The van der Waals surface area contributed by atoms with Gasteiger partial charge in [-0.2, -0.15) is 0 Å². The Morgan fingerprint density at radius 2 is 2.11 bits per heavy atom. The zero-order valence-corrected chi connectivity index (χ0v) is 10.9. The van der Waals surface area contributed by atoms with Crippen molar-refractivity contribution in [3.8, 4) is 0 Å². The zero-order valence-electron chi connectivity index (χ0n) is 10.9. The maximum atomic E-state index is 11.6. The van der Waals surface area contributed by atoms with E-state index in [0.717, 1.165) is 12.8 Å². The molecule has 1 aliphatic heterocycles. The number of nitrogens with one attached hydrogen (secondary N) is 1. The van der Waals surface area contributed by atoms with E-state index in [1.807, 2.05) is 30.3 Å². The Morgan fingerprint density at radius 1 is 1.32 bits per heavy atom. The highest BCUT2D eigenvalue weighted by atomic mass is 16.5. The van der Waals surface area contributed by atoms with Crippen LogP contribution in [0.2, 0.25) is 0 Å². The molecule has 0 aromatic heterocycles. The zero-order chi connectivity index (χ0) is 13.5. The molecule has 2 rings (SSSR count). The molecule has 0 radical (unpaired) electrons. The lowest BCUT2D eigenvalue weighted by molar-refractivity contribution is -0.142. The molecule has 102 valence electrons. The van der Waals surface area contributed by atoms with Crippen molar-refractivity contribution in [1.29, 1.82) is 0 Å². The van der Waals surface area contributed by atoms with Gasteiger partial charge in [0.15, 0.2) is 0 Å². The smallest absolute Gasteiger partial charge is 0.306 e. The molecule has 0 bridgehead atoms. The highest BCUT2D eigenvalue weighted by Crippen LogP contribution is 2.17. The van der Waals surface area contributed by atoms with Crippen LogP contribution >= 0.6 is 0 Å². The maximum absolute atomic E-state index is 11.6. The fraction of sp³-hybridized carbons (Fsp3) is 0.467. The van der Waals surface area contributed by atoms with Crippen molar-refractivity contribution in [2.75, 3.05) is 6.54 Å². The lowest BCUT2D eigenvalue weighted by Crippen LogP contribution is -2.26. The van der Waals surface area contributed by atoms with Gasteiger partial charge in [0.05, 0.1) is 0 Å². The summed E-state index contributed by atoms with van der Waals surface area (Å²) >= 11 is 0. The van der Waals surface area contributed by atoms with Gasteiger partial charge in [0.25, 0.3) is 0 Å². The van der Waals surface area contributed by atoms with Crippen LogP contribution in [-0.2, 0) is 20.7 Å². The summed E-state index contributed by atoms with van der Waals surface area (Å²) in [5.74, 6) is -0.117. The molecule has 19 heavy (non-hydrogen) atoms. The van der Waals surface area contributed by atoms with Crippen LogP contribution in [0, 0.1) is 0 Å². The van der Waals surface area contributed by atoms with Crippen molar-refractivity contribution in [3.05, 3.63) is 35.9 Å². The highest BCUT2D eigenvalue weighted by Gasteiger charge is 2.23. The Kier molecular flexibility index (Phi) is 4.95. The molecular weight excluding hydrogens is 242 g/mol. The molecule has 1 aromatic carbocycles. The molecule has 1 amide bonds. The second-order valence-electron chi connectivity index (χ2n) is 4.77. The predicted octanol–water partition coefficient (Wildman–Crippen LogP) is 1.83. The van der Waals surface area contributed by atoms with Gasteiger partial charge in [-0.25, -0.2) is 0 Å². The second kappa shape index (κ2) is 6.92. The van der Waals surface area contributed by atoms with Crippen LogP contribution in [-0.4, -0.2) is 24.5 Å². The number of amides is 1. The number of carbonyl (C=O) groups excluding carboxylic acids is 2. The van der Waals surface area contributed by atoms with Gasteiger partial charge in [0.1, 0.15) is 6.10 Å². The fourth-order valence-corrected chi connectivity index (χ4v) is 2.16. The number of ether oxygens (including phenoxy) is 1. The van der Waals surface area contributed by atoms with Gasteiger partial charge in [-0.1, -0.05) is 30.3 Å². The summed E-state index contributed by atoms with van der Waals surface area (Å²) in [7, 11) is 0. The average molecular weight is 261 g/mol. The molecule has 1 saturated heterocycles. The van der Waals surface area contributed by atoms with E-state index in [9.17, 15) is 9.59 Å². The van der Waals surface area contributed by atoms with Crippen LogP contribution in [0.1, 0.15) is 31.2 Å². The third kappa shape index (κ3) is 4.73. The summed E-state index contributed by atoms with van der Waals surface area (Å²) in [5, 5.41) is 2.89. The van der Waals surface area contributed by atoms with Crippen LogP contribution in [0.3, 0.4) is 0 Å². The standard InChI is InChI=1S/C15H19NO3/c17-14(8-6-13-7-9-15(18)19-13)16-11-10-12-4-2-1-3-5-12/h1-5,13H,6-11H2,(H,16,17). The van der Waals surface area contributed by atoms with Crippen LogP contribution < -0.4 is 5.32 Å². The van der Waals surface area contributed by atoms with E-state index in [4.69, 9.17) is 4.74 Å². The lowest BCUT2D eigenvalue weighted by Gasteiger charge is -2.09. The van der Waals surface area contributed by atoms with Gasteiger partial charge in [0.2, 0.25) is 5.91 Å². The summed E-state index contributed by atoms with van der Waals surface area (Å²) in [5.41, 5.74) is 1.22. The van der Waals surface area contributed by atoms with Crippen molar-refractivity contribution >= 4 is 11.9 Å². The monoisotopic (exact) mass is 261 g/mol. The number of hydrogen-bond donors (Lipinski definition) is 1. The Balaban J connectivity index is 1.58. The number of carbonyl (C=O) groups is 2. The van der Waals surface area contributed by atoms with Crippen LogP contribution in [0.25, 0.3) is 0 Å². The first-order valence-corrected chi connectivity index (χ1v) is 6.74. The molecule has 1 unspecified atom stereocenters. The topological polar surface area (TPSA) is 55.4 Å². The predicted molar refractivity (Wildman–Crippen MR) is 71.5 cm³/mol. The molecule has 1 aliphatic rings. The molecule has 4 heteroatoms. The van der Waals surface area contributed by atoms with Gasteiger partial charge in [0, 0.05) is 19.4 Å². The first kappa shape index (κ1) is 13.6. The number of benzene rings is 1. The molecule has 0 saturated carbocycles. The van der Waals surface area contributed by atoms with Crippen molar-refractivity contribution in [2.24, 2.45) is 0 Å². The molecule has 1 fully saturated rings. The minimum Gasteiger partial charge on any atom is -0.462 e. The van der Waals surface area contributed by atoms with E-state index in [1.165, 1.54) is 5.56 Å². The van der Waals surface area contributed by atoms with E-state index in [2.05, 4.69) is 5.32 Å². The summed E-state index contributed by atoms with van der Waals surface area (Å²) in [6, 6.07) is 10.1. The highest BCUT2D eigenvalue weighted by molar-refractivity contribution is 5.76. The van der Waals surface area contributed by atoms with Gasteiger partial charge in [-0.15, -0.1) is 0 Å². The minimum atomic E-state index is -0.144. The number of rotatable bonds is 6. The molecule has 1 heterocycles. The molecule has 4 nitrogen and oxygen atoms in total. The second-order valence-corrected chi connectivity index (χ2v) is 4.77. The molecular formula is C15H19NO3. The summed E-state index contributed by atoms with van der Waals surface area (Å²) in [6.45, 7) is 0.646. The molecule has 1 atom stereocenters. The Bertz CT molecular complexity index is 430.